The van der Waals surface area contributed by atoms with Crippen molar-refractivity contribution in [3.63, 3.8) is 0 Å². The van der Waals surface area contributed by atoms with Crippen LogP contribution in [0.15, 0.2) is 29.3 Å². The van der Waals surface area contributed by atoms with Crippen LogP contribution in [-0.2, 0) is 13.1 Å². The second-order valence-electron chi connectivity index (χ2n) is 8.21. The highest BCUT2D eigenvalue weighted by Crippen LogP contribution is 2.13. The number of hydrogen-bond donors (Lipinski definition) is 2. The second-order valence-corrected chi connectivity index (χ2v) is 8.21. The summed E-state index contributed by atoms with van der Waals surface area (Å²) in [6.07, 6.45) is 5.07. The SMILES string of the molecule is CCNC(=NCc1ccc(CN2CCCC2)cc1)NC(C)CCCN(CC)CC.I. The molecule has 1 atom stereocenters. The zero-order chi connectivity index (χ0) is 20.9. The quantitative estimate of drug-likeness (QED) is 0.238. The molecule has 0 amide bonds. The molecule has 30 heavy (non-hydrogen) atoms. The topological polar surface area (TPSA) is 42.9 Å². The van der Waals surface area contributed by atoms with Crippen LogP contribution in [0.2, 0.25) is 0 Å². The number of guanidine groups is 1. The molecule has 5 nitrogen and oxygen atoms in total. The molecule has 1 unspecified atom stereocenters. The van der Waals surface area contributed by atoms with Crippen LogP contribution in [0.3, 0.4) is 0 Å². The number of hydrogen-bond acceptors (Lipinski definition) is 3. The van der Waals surface area contributed by atoms with Gasteiger partial charge in [0.05, 0.1) is 6.54 Å². The van der Waals surface area contributed by atoms with E-state index in [-0.39, 0.29) is 24.0 Å². The summed E-state index contributed by atoms with van der Waals surface area (Å²) in [5, 5.41) is 6.96. The first kappa shape index (κ1) is 27.2. The van der Waals surface area contributed by atoms with Crippen molar-refractivity contribution in [3.8, 4) is 0 Å². The molecule has 1 aliphatic rings. The first-order valence-electron chi connectivity index (χ1n) is 11.7. The van der Waals surface area contributed by atoms with Crippen LogP contribution < -0.4 is 10.6 Å². The predicted octanol–water partition coefficient (Wildman–Crippen LogP) is 4.47. The number of nitrogens with zero attached hydrogens (tertiary/aromatic N) is 3. The van der Waals surface area contributed by atoms with Gasteiger partial charge in [-0.3, -0.25) is 4.90 Å². The molecule has 172 valence electrons. The highest BCUT2D eigenvalue weighted by molar-refractivity contribution is 14.0. The fourth-order valence-corrected chi connectivity index (χ4v) is 3.91. The summed E-state index contributed by atoms with van der Waals surface area (Å²) >= 11 is 0. The van der Waals surface area contributed by atoms with Crippen LogP contribution in [0.1, 0.15) is 64.5 Å². The Hall–Kier alpha value is -0.860. The largest absolute Gasteiger partial charge is 0.357 e. The third-order valence-electron chi connectivity index (χ3n) is 5.78. The normalized spacial score (nSPS) is 15.8. The van der Waals surface area contributed by atoms with Crippen molar-refractivity contribution in [2.45, 2.75) is 72.5 Å². The fraction of sp³-hybridized carbons (Fsp3) is 0.708. The average Bonchev–Trinajstić information content (AvgIpc) is 3.24. The van der Waals surface area contributed by atoms with E-state index in [1.807, 2.05) is 0 Å². The summed E-state index contributed by atoms with van der Waals surface area (Å²) in [6.45, 7) is 17.5. The average molecular weight is 530 g/mol. The number of aliphatic imine (C=N–C) groups is 1. The van der Waals surface area contributed by atoms with E-state index in [9.17, 15) is 0 Å². The van der Waals surface area contributed by atoms with Gasteiger partial charge in [-0.2, -0.15) is 0 Å². The number of halogens is 1. The van der Waals surface area contributed by atoms with Crippen LogP contribution in [0.25, 0.3) is 0 Å². The molecule has 1 heterocycles. The van der Waals surface area contributed by atoms with Gasteiger partial charge in [0.2, 0.25) is 0 Å². The van der Waals surface area contributed by atoms with Crippen molar-refractivity contribution < 1.29 is 0 Å². The molecule has 1 saturated heterocycles. The van der Waals surface area contributed by atoms with Crippen molar-refractivity contribution in [1.29, 1.82) is 0 Å². The van der Waals surface area contributed by atoms with Crippen LogP contribution in [-0.4, -0.2) is 61.1 Å². The Morgan fingerprint density at radius 1 is 1.07 bits per heavy atom. The van der Waals surface area contributed by atoms with Gasteiger partial charge < -0.3 is 15.5 Å². The predicted molar refractivity (Wildman–Crippen MR) is 141 cm³/mol. The van der Waals surface area contributed by atoms with E-state index in [0.29, 0.717) is 12.6 Å². The van der Waals surface area contributed by atoms with Gasteiger partial charge in [-0.1, -0.05) is 38.1 Å². The van der Waals surface area contributed by atoms with Gasteiger partial charge in [0.15, 0.2) is 5.96 Å². The molecular weight excluding hydrogens is 485 g/mol. The Labute approximate surface area is 202 Å². The summed E-state index contributed by atoms with van der Waals surface area (Å²) in [7, 11) is 0. The third kappa shape index (κ3) is 10.4. The smallest absolute Gasteiger partial charge is 0.191 e. The van der Waals surface area contributed by atoms with Gasteiger partial charge >= 0.3 is 0 Å². The van der Waals surface area contributed by atoms with Crippen LogP contribution in [0, 0.1) is 0 Å². The molecular formula is C24H44IN5. The van der Waals surface area contributed by atoms with Gasteiger partial charge in [-0.25, -0.2) is 4.99 Å². The maximum Gasteiger partial charge on any atom is 0.191 e. The zero-order valence-corrected chi connectivity index (χ0v) is 22.0. The molecule has 6 heteroatoms. The Bertz CT molecular complexity index is 580. The van der Waals surface area contributed by atoms with Gasteiger partial charge in [0, 0.05) is 19.1 Å². The first-order valence-corrected chi connectivity index (χ1v) is 11.7. The molecule has 0 aliphatic carbocycles. The zero-order valence-electron chi connectivity index (χ0n) is 19.6. The molecule has 0 spiro atoms. The first-order chi connectivity index (χ1) is 14.1. The molecule has 0 saturated carbocycles. The molecule has 2 rings (SSSR count). The second kappa shape index (κ2) is 15.9. The molecule has 0 bridgehead atoms. The van der Waals surface area contributed by atoms with E-state index in [4.69, 9.17) is 4.99 Å². The molecule has 1 aliphatic heterocycles. The minimum Gasteiger partial charge on any atom is -0.357 e. The minimum absolute atomic E-state index is 0. The maximum atomic E-state index is 4.81. The molecule has 1 aromatic carbocycles. The lowest BCUT2D eigenvalue weighted by Crippen LogP contribution is -2.42. The van der Waals surface area contributed by atoms with Crippen molar-refractivity contribution in [2.24, 2.45) is 4.99 Å². The molecule has 0 aromatic heterocycles. The Morgan fingerprint density at radius 3 is 2.30 bits per heavy atom. The monoisotopic (exact) mass is 529 g/mol. The van der Waals surface area contributed by atoms with Crippen LogP contribution in [0.5, 0.6) is 0 Å². The number of rotatable bonds is 12. The fourth-order valence-electron chi connectivity index (χ4n) is 3.91. The van der Waals surface area contributed by atoms with Gasteiger partial charge in [-0.15, -0.1) is 24.0 Å². The molecule has 1 fully saturated rings. The van der Waals surface area contributed by atoms with E-state index in [1.165, 1.54) is 50.0 Å². The highest BCUT2D eigenvalue weighted by atomic mass is 127. The van der Waals surface area contributed by atoms with Crippen molar-refractivity contribution in [1.82, 2.24) is 20.4 Å². The summed E-state index contributed by atoms with van der Waals surface area (Å²) in [4.78, 5) is 9.83. The van der Waals surface area contributed by atoms with Gasteiger partial charge in [0.25, 0.3) is 0 Å². The van der Waals surface area contributed by atoms with Gasteiger partial charge in [0.1, 0.15) is 0 Å². The van der Waals surface area contributed by atoms with E-state index in [2.05, 4.69) is 72.4 Å². The number of benzene rings is 1. The van der Waals surface area contributed by atoms with E-state index in [1.54, 1.807) is 0 Å². The van der Waals surface area contributed by atoms with E-state index < -0.39 is 0 Å². The summed E-state index contributed by atoms with van der Waals surface area (Å²) < 4.78 is 0. The highest BCUT2D eigenvalue weighted by Gasteiger charge is 2.11. The van der Waals surface area contributed by atoms with Gasteiger partial charge in [-0.05, 0) is 83.4 Å². The molecule has 2 N–H and O–H groups in total. The lowest BCUT2D eigenvalue weighted by molar-refractivity contribution is 0.292. The van der Waals surface area contributed by atoms with E-state index >= 15 is 0 Å². The number of likely N-dealkylation sites (tertiary alicyclic amines) is 1. The summed E-state index contributed by atoms with van der Waals surface area (Å²) in [6, 6.07) is 9.41. The maximum absolute atomic E-state index is 4.81. The van der Waals surface area contributed by atoms with Crippen molar-refractivity contribution in [3.05, 3.63) is 35.4 Å². The summed E-state index contributed by atoms with van der Waals surface area (Å²) in [5.41, 5.74) is 2.67. The molecule has 1 aromatic rings. The Kier molecular flexibility index (Phi) is 14.4. The van der Waals surface area contributed by atoms with Crippen molar-refractivity contribution in [2.75, 3.05) is 39.3 Å². The van der Waals surface area contributed by atoms with E-state index in [0.717, 1.165) is 38.6 Å². The van der Waals surface area contributed by atoms with Crippen LogP contribution in [0.4, 0.5) is 0 Å². The Balaban J connectivity index is 0.00000450. The van der Waals surface area contributed by atoms with Crippen molar-refractivity contribution >= 4 is 29.9 Å². The summed E-state index contributed by atoms with van der Waals surface area (Å²) in [5.74, 6) is 0.920. The number of nitrogens with one attached hydrogen (secondary N) is 2. The lowest BCUT2D eigenvalue weighted by atomic mass is 10.1. The third-order valence-corrected chi connectivity index (χ3v) is 5.78. The van der Waals surface area contributed by atoms with Crippen LogP contribution >= 0.6 is 24.0 Å². The lowest BCUT2D eigenvalue weighted by Gasteiger charge is -2.21. The standard InChI is InChI=1S/C24H43N5.HI/c1-5-25-24(27-21(4)11-10-18-28(6-2)7-3)26-19-22-12-14-23(15-13-22)20-29-16-8-9-17-29;/h12-15,21H,5-11,16-20H2,1-4H3,(H2,25,26,27);1H. The Morgan fingerprint density at radius 2 is 1.70 bits per heavy atom. The minimum atomic E-state index is 0. The molecule has 0 radical (unpaired) electrons.